The van der Waals surface area contributed by atoms with Crippen LogP contribution in [0.3, 0.4) is 0 Å². The van der Waals surface area contributed by atoms with Crippen LogP contribution in [0.1, 0.15) is 33.3 Å². The predicted octanol–water partition coefficient (Wildman–Crippen LogP) is 2.00. The second-order valence-electron chi connectivity index (χ2n) is 6.67. The lowest BCUT2D eigenvalue weighted by molar-refractivity contribution is -0.132. The molecule has 1 N–H and O–H groups in total. The number of hydrogen-bond acceptors (Lipinski definition) is 5. The van der Waals surface area contributed by atoms with Crippen molar-refractivity contribution in [3.05, 3.63) is 23.8 Å². The fraction of sp³-hybridized carbons (Fsp3) is 0.529. The average Bonchev–Trinajstić information content (AvgIpc) is 2.99. The lowest BCUT2D eigenvalue weighted by atomic mass is 9.93. The minimum atomic E-state index is -0.832. The molecule has 0 fully saturated rings. The maximum absolute atomic E-state index is 12.3. The van der Waals surface area contributed by atoms with Gasteiger partial charge >= 0.3 is 0 Å². The first kappa shape index (κ1) is 17.1. The lowest BCUT2D eigenvalue weighted by Crippen LogP contribution is -2.50. The Labute approximate surface area is 137 Å². The van der Waals surface area contributed by atoms with E-state index >= 15 is 0 Å². The maximum atomic E-state index is 12.3. The van der Waals surface area contributed by atoms with E-state index in [4.69, 9.17) is 14.7 Å². The number of fused-ring (bicyclic) bond motifs is 1. The number of nitrogens with one attached hydrogen (secondary N) is 1. The summed E-state index contributed by atoms with van der Waals surface area (Å²) in [6, 6.07) is 7.87. The van der Waals surface area contributed by atoms with Gasteiger partial charge in [0, 0.05) is 12.6 Å². The highest BCUT2D eigenvalue weighted by molar-refractivity contribution is 5.79. The molecule has 0 unspecified atom stereocenters. The Morgan fingerprint density at radius 3 is 2.61 bits per heavy atom. The minimum Gasteiger partial charge on any atom is -0.454 e. The van der Waals surface area contributed by atoms with Gasteiger partial charge in [0.1, 0.15) is 5.54 Å². The highest BCUT2D eigenvalue weighted by Crippen LogP contribution is 2.35. The number of ether oxygens (including phenoxy) is 2. The Morgan fingerprint density at radius 1 is 1.30 bits per heavy atom. The summed E-state index contributed by atoms with van der Waals surface area (Å²) in [6.07, 6.45) is 0. The first-order chi connectivity index (χ1) is 10.7. The van der Waals surface area contributed by atoms with E-state index in [0.29, 0.717) is 5.75 Å². The van der Waals surface area contributed by atoms with E-state index in [1.165, 1.54) is 4.90 Å². The highest BCUT2D eigenvalue weighted by atomic mass is 16.7. The van der Waals surface area contributed by atoms with Gasteiger partial charge in [0.05, 0.1) is 12.6 Å². The van der Waals surface area contributed by atoms with Crippen LogP contribution >= 0.6 is 0 Å². The van der Waals surface area contributed by atoms with Crippen molar-refractivity contribution >= 4 is 5.91 Å². The van der Waals surface area contributed by atoms with Crippen molar-refractivity contribution in [1.82, 2.24) is 10.2 Å². The van der Waals surface area contributed by atoms with Crippen molar-refractivity contribution in [1.29, 1.82) is 5.26 Å². The Balaban J connectivity index is 2.04. The molecule has 2 rings (SSSR count). The van der Waals surface area contributed by atoms with Crippen LogP contribution in [0.25, 0.3) is 0 Å². The van der Waals surface area contributed by atoms with Gasteiger partial charge < -0.3 is 14.4 Å². The van der Waals surface area contributed by atoms with Crippen molar-refractivity contribution in [3.8, 4) is 17.6 Å². The van der Waals surface area contributed by atoms with E-state index < -0.39 is 11.1 Å². The molecule has 0 saturated heterocycles. The molecule has 0 aliphatic carbocycles. The van der Waals surface area contributed by atoms with E-state index in [0.717, 1.165) is 11.3 Å². The van der Waals surface area contributed by atoms with E-state index in [1.807, 2.05) is 32.0 Å². The summed E-state index contributed by atoms with van der Waals surface area (Å²) < 4.78 is 10.7. The molecule has 0 bridgehead atoms. The van der Waals surface area contributed by atoms with Crippen molar-refractivity contribution < 1.29 is 14.3 Å². The van der Waals surface area contributed by atoms with E-state index in [1.54, 1.807) is 20.9 Å². The molecule has 1 aliphatic heterocycles. The van der Waals surface area contributed by atoms with Crippen molar-refractivity contribution in [2.24, 2.45) is 0 Å². The summed E-state index contributed by atoms with van der Waals surface area (Å²) >= 11 is 0. The fourth-order valence-corrected chi connectivity index (χ4v) is 2.19. The molecule has 0 saturated carbocycles. The molecular formula is C17H23N3O3. The first-order valence-electron chi connectivity index (χ1n) is 7.50. The van der Waals surface area contributed by atoms with Crippen LogP contribution in [-0.2, 0) is 10.3 Å². The highest BCUT2D eigenvalue weighted by Gasteiger charge is 2.29. The molecule has 1 aromatic carbocycles. The number of hydrogen-bond donors (Lipinski definition) is 1. The van der Waals surface area contributed by atoms with Crippen LogP contribution in [0.4, 0.5) is 0 Å². The topological polar surface area (TPSA) is 74.6 Å². The Kier molecular flexibility index (Phi) is 4.53. The molecule has 0 spiro atoms. The van der Waals surface area contributed by atoms with Gasteiger partial charge in [-0.25, -0.2) is 0 Å². The summed E-state index contributed by atoms with van der Waals surface area (Å²) in [5.74, 6) is 1.31. The smallest absolute Gasteiger partial charge is 0.237 e. The Hall–Kier alpha value is -2.26. The third-order valence-electron chi connectivity index (χ3n) is 4.26. The van der Waals surface area contributed by atoms with E-state index in [9.17, 15) is 4.79 Å². The zero-order valence-corrected chi connectivity index (χ0v) is 14.3. The van der Waals surface area contributed by atoms with Crippen LogP contribution in [0.15, 0.2) is 18.2 Å². The predicted molar refractivity (Wildman–Crippen MR) is 86.1 cm³/mol. The van der Waals surface area contributed by atoms with Crippen molar-refractivity contribution in [2.75, 3.05) is 20.4 Å². The first-order valence-corrected chi connectivity index (χ1v) is 7.50. The molecular weight excluding hydrogens is 294 g/mol. The van der Waals surface area contributed by atoms with Crippen LogP contribution in [-0.4, -0.2) is 36.7 Å². The van der Waals surface area contributed by atoms with Crippen molar-refractivity contribution in [3.63, 3.8) is 0 Å². The number of likely N-dealkylation sites (N-methyl/N-ethyl adjacent to an activating group) is 1. The summed E-state index contributed by atoms with van der Waals surface area (Å²) in [4.78, 5) is 13.7. The van der Waals surface area contributed by atoms with Gasteiger partial charge in [-0.15, -0.1) is 0 Å². The second kappa shape index (κ2) is 6.09. The number of nitriles is 1. The summed E-state index contributed by atoms with van der Waals surface area (Å²) in [7, 11) is 1.64. The number of amides is 1. The molecule has 6 nitrogen and oxygen atoms in total. The third kappa shape index (κ3) is 3.57. The zero-order chi connectivity index (χ0) is 17.3. The van der Waals surface area contributed by atoms with Crippen molar-refractivity contribution in [2.45, 2.75) is 38.8 Å². The number of nitrogens with zero attached hydrogens (tertiary/aromatic N) is 2. The van der Waals surface area contributed by atoms with Gasteiger partial charge in [-0.2, -0.15) is 5.26 Å². The molecule has 0 aromatic heterocycles. The molecule has 0 atom stereocenters. The molecule has 23 heavy (non-hydrogen) atoms. The number of carbonyl (C=O) groups is 1. The summed E-state index contributed by atoms with van der Waals surface area (Å²) in [5.41, 5.74) is -0.257. The summed E-state index contributed by atoms with van der Waals surface area (Å²) in [6.45, 7) is 7.80. The van der Waals surface area contributed by atoms with Gasteiger partial charge in [-0.1, -0.05) is 6.07 Å². The van der Waals surface area contributed by atoms with Gasteiger partial charge in [-0.3, -0.25) is 10.1 Å². The Bertz CT molecular complexity index is 647. The average molecular weight is 317 g/mol. The normalized spacial score (nSPS) is 13.6. The van der Waals surface area contributed by atoms with Crippen LogP contribution < -0.4 is 14.8 Å². The molecule has 6 heteroatoms. The van der Waals surface area contributed by atoms with Gasteiger partial charge in [-0.05, 0) is 45.4 Å². The molecule has 1 aliphatic rings. The Morgan fingerprint density at radius 2 is 1.96 bits per heavy atom. The standard InChI is InChI=1S/C17H23N3O3/c1-16(2,10-18)20(5)15(21)9-19-17(3,4)12-6-7-13-14(8-12)23-11-22-13/h6-8,19H,9,11H2,1-5H3. The van der Waals surface area contributed by atoms with Gasteiger partial charge in [0.2, 0.25) is 12.7 Å². The van der Waals surface area contributed by atoms with Gasteiger partial charge in [0.25, 0.3) is 0 Å². The van der Waals surface area contributed by atoms with Crippen LogP contribution in [0, 0.1) is 11.3 Å². The van der Waals surface area contributed by atoms with Crippen LogP contribution in [0.2, 0.25) is 0 Å². The quantitative estimate of drug-likeness (QED) is 0.899. The number of benzene rings is 1. The van der Waals surface area contributed by atoms with Crippen LogP contribution in [0.5, 0.6) is 11.5 Å². The third-order valence-corrected chi connectivity index (χ3v) is 4.26. The number of carbonyl (C=O) groups excluding carboxylic acids is 1. The maximum Gasteiger partial charge on any atom is 0.237 e. The SMILES string of the molecule is CN(C(=O)CNC(C)(C)c1ccc2c(c1)OCO2)C(C)(C)C#N. The lowest BCUT2D eigenvalue weighted by Gasteiger charge is -2.32. The molecule has 0 radical (unpaired) electrons. The largest absolute Gasteiger partial charge is 0.454 e. The van der Waals surface area contributed by atoms with E-state index in [2.05, 4.69) is 11.4 Å². The van der Waals surface area contributed by atoms with Gasteiger partial charge in [0.15, 0.2) is 11.5 Å². The number of rotatable bonds is 5. The molecule has 124 valence electrons. The second-order valence-corrected chi connectivity index (χ2v) is 6.67. The van der Waals surface area contributed by atoms with E-state index in [-0.39, 0.29) is 19.2 Å². The molecule has 1 amide bonds. The molecule has 1 heterocycles. The summed E-state index contributed by atoms with van der Waals surface area (Å²) in [5, 5.41) is 12.4. The molecule has 1 aromatic rings. The fourth-order valence-electron chi connectivity index (χ4n) is 2.19. The minimum absolute atomic E-state index is 0.134. The monoisotopic (exact) mass is 317 g/mol. The zero-order valence-electron chi connectivity index (χ0n) is 14.3.